The van der Waals surface area contributed by atoms with Crippen molar-refractivity contribution in [2.24, 2.45) is 7.05 Å². The van der Waals surface area contributed by atoms with E-state index in [-0.39, 0.29) is 5.91 Å². The molecular weight excluding hydrogens is 274 g/mol. The van der Waals surface area contributed by atoms with Crippen LogP contribution in [0, 0.1) is 0 Å². The van der Waals surface area contributed by atoms with Crippen LogP contribution in [0.5, 0.6) is 0 Å². The lowest BCUT2D eigenvalue weighted by Gasteiger charge is -2.08. The highest BCUT2D eigenvalue weighted by molar-refractivity contribution is 5.92. The van der Waals surface area contributed by atoms with Gasteiger partial charge in [-0.25, -0.2) is 0 Å². The van der Waals surface area contributed by atoms with Crippen molar-refractivity contribution < 1.29 is 4.79 Å². The van der Waals surface area contributed by atoms with Crippen molar-refractivity contribution in [3.63, 3.8) is 0 Å². The highest BCUT2D eigenvalue weighted by Gasteiger charge is 2.07. The van der Waals surface area contributed by atoms with Crippen LogP contribution in [-0.2, 0) is 11.8 Å². The minimum Gasteiger partial charge on any atom is -0.326 e. The number of anilines is 1. The maximum Gasteiger partial charge on any atom is 0.228 e. The third-order valence-corrected chi connectivity index (χ3v) is 3.64. The molecule has 0 atom stereocenters. The van der Waals surface area contributed by atoms with Crippen LogP contribution < -0.4 is 5.32 Å². The van der Waals surface area contributed by atoms with Crippen LogP contribution in [0.2, 0.25) is 0 Å². The summed E-state index contributed by atoms with van der Waals surface area (Å²) in [5.41, 5.74) is 4.07. The van der Waals surface area contributed by atoms with Crippen molar-refractivity contribution in [2.45, 2.75) is 19.3 Å². The van der Waals surface area contributed by atoms with Gasteiger partial charge in [0.2, 0.25) is 5.91 Å². The second-order valence-electron chi connectivity index (χ2n) is 5.46. The van der Waals surface area contributed by atoms with Crippen LogP contribution in [0.4, 0.5) is 5.69 Å². The number of hydrogen-bond acceptors (Lipinski definition) is 2. The zero-order valence-corrected chi connectivity index (χ0v) is 12.6. The highest BCUT2D eigenvalue weighted by atomic mass is 16.1. The predicted molar refractivity (Wildman–Crippen MR) is 88.3 cm³/mol. The molecule has 1 aromatic carbocycles. The zero-order chi connectivity index (χ0) is 15.4. The van der Waals surface area contributed by atoms with Crippen LogP contribution in [0.25, 0.3) is 11.1 Å². The summed E-state index contributed by atoms with van der Waals surface area (Å²) in [6, 6.07) is 7.83. The topological polar surface area (TPSA) is 46.9 Å². The van der Waals surface area contributed by atoms with Gasteiger partial charge in [0.05, 0.1) is 12.6 Å². The van der Waals surface area contributed by atoms with Crippen molar-refractivity contribution in [1.29, 1.82) is 0 Å². The Balaban J connectivity index is 1.62. The number of allylic oxidation sites excluding steroid dienone is 3. The van der Waals surface area contributed by atoms with Crippen molar-refractivity contribution in [1.82, 2.24) is 9.78 Å². The number of amides is 1. The Bertz CT molecular complexity index is 723. The molecule has 3 rings (SSSR count). The van der Waals surface area contributed by atoms with E-state index in [0.29, 0.717) is 6.42 Å². The monoisotopic (exact) mass is 293 g/mol. The van der Waals surface area contributed by atoms with Crippen molar-refractivity contribution in [3.8, 4) is 11.1 Å². The molecule has 0 aliphatic heterocycles. The van der Waals surface area contributed by atoms with E-state index in [1.54, 1.807) is 4.68 Å². The Kier molecular flexibility index (Phi) is 4.19. The molecule has 1 aliphatic rings. The highest BCUT2D eigenvalue weighted by Crippen LogP contribution is 2.21. The van der Waals surface area contributed by atoms with Gasteiger partial charge in [0, 0.05) is 24.5 Å². The average molecular weight is 293 g/mol. The van der Waals surface area contributed by atoms with Gasteiger partial charge in [0.1, 0.15) is 0 Å². The molecule has 0 saturated carbocycles. The zero-order valence-electron chi connectivity index (χ0n) is 12.6. The van der Waals surface area contributed by atoms with E-state index >= 15 is 0 Å². The van der Waals surface area contributed by atoms with Gasteiger partial charge in [-0.15, -0.1) is 0 Å². The molecular formula is C18H19N3O. The van der Waals surface area contributed by atoms with Gasteiger partial charge in [-0.2, -0.15) is 5.10 Å². The fraction of sp³-hybridized carbons (Fsp3) is 0.222. The van der Waals surface area contributed by atoms with Crippen LogP contribution in [-0.4, -0.2) is 15.7 Å². The molecule has 0 radical (unpaired) electrons. The Morgan fingerprint density at radius 2 is 2.05 bits per heavy atom. The second kappa shape index (κ2) is 6.43. The maximum absolute atomic E-state index is 12.0. The maximum atomic E-state index is 12.0. The molecule has 0 spiro atoms. The van der Waals surface area contributed by atoms with Crippen LogP contribution in [0.3, 0.4) is 0 Å². The fourth-order valence-electron chi connectivity index (χ4n) is 2.51. The first kappa shape index (κ1) is 14.3. The number of rotatable bonds is 4. The SMILES string of the molecule is Cn1cc(-c2ccc(NC(=O)CC3=CCCC=C3)cc2)cn1. The lowest BCUT2D eigenvalue weighted by Crippen LogP contribution is -2.12. The smallest absolute Gasteiger partial charge is 0.228 e. The van der Waals surface area contributed by atoms with Crippen molar-refractivity contribution in [3.05, 3.63) is 60.5 Å². The molecule has 1 aromatic heterocycles. The molecule has 0 bridgehead atoms. The van der Waals surface area contributed by atoms with Gasteiger partial charge in [-0.3, -0.25) is 9.48 Å². The molecule has 112 valence electrons. The van der Waals surface area contributed by atoms with E-state index in [9.17, 15) is 4.79 Å². The number of hydrogen-bond donors (Lipinski definition) is 1. The van der Waals surface area contributed by atoms with Crippen molar-refractivity contribution in [2.75, 3.05) is 5.32 Å². The Labute approximate surface area is 130 Å². The molecule has 1 aliphatic carbocycles. The Morgan fingerprint density at radius 3 is 2.68 bits per heavy atom. The van der Waals surface area contributed by atoms with Gasteiger partial charge < -0.3 is 5.32 Å². The fourth-order valence-corrected chi connectivity index (χ4v) is 2.51. The standard InChI is InChI=1S/C18H19N3O/c1-21-13-16(12-19-21)15-7-9-17(10-8-15)20-18(22)11-14-5-3-2-4-6-14/h3,5-10,12-13H,2,4,11H2,1H3,(H,20,22). The molecule has 0 saturated heterocycles. The third kappa shape index (κ3) is 3.52. The van der Waals surface area contributed by atoms with E-state index < -0.39 is 0 Å². The van der Waals surface area contributed by atoms with E-state index in [2.05, 4.69) is 22.6 Å². The van der Waals surface area contributed by atoms with Gasteiger partial charge in [-0.1, -0.05) is 30.4 Å². The number of nitrogens with one attached hydrogen (secondary N) is 1. The summed E-state index contributed by atoms with van der Waals surface area (Å²) in [6.07, 6.45) is 12.6. The van der Waals surface area contributed by atoms with Gasteiger partial charge in [0.15, 0.2) is 0 Å². The largest absolute Gasteiger partial charge is 0.326 e. The number of aromatic nitrogens is 2. The molecule has 1 amide bonds. The van der Waals surface area contributed by atoms with Crippen LogP contribution in [0.15, 0.2) is 60.5 Å². The predicted octanol–water partition coefficient (Wildman–Crippen LogP) is 3.69. The van der Waals surface area contributed by atoms with Gasteiger partial charge in [-0.05, 0) is 36.1 Å². The number of benzene rings is 1. The van der Waals surface area contributed by atoms with E-state index in [0.717, 1.165) is 35.2 Å². The van der Waals surface area contributed by atoms with Crippen molar-refractivity contribution >= 4 is 11.6 Å². The number of carbonyl (C=O) groups excluding carboxylic acids is 1. The van der Waals surface area contributed by atoms with E-state index in [1.807, 2.05) is 49.8 Å². The summed E-state index contributed by atoms with van der Waals surface area (Å²) >= 11 is 0. The number of nitrogens with zero attached hydrogens (tertiary/aromatic N) is 2. The number of aryl methyl sites for hydroxylation is 1. The number of carbonyl (C=O) groups is 1. The summed E-state index contributed by atoms with van der Waals surface area (Å²) in [6.45, 7) is 0. The first-order valence-corrected chi connectivity index (χ1v) is 7.45. The lowest BCUT2D eigenvalue weighted by molar-refractivity contribution is -0.115. The molecule has 1 heterocycles. The van der Waals surface area contributed by atoms with Crippen LogP contribution in [0.1, 0.15) is 19.3 Å². The first-order valence-electron chi connectivity index (χ1n) is 7.45. The second-order valence-corrected chi connectivity index (χ2v) is 5.46. The molecule has 0 fully saturated rings. The molecule has 4 nitrogen and oxygen atoms in total. The minimum atomic E-state index is 0.0203. The summed E-state index contributed by atoms with van der Waals surface area (Å²) in [4.78, 5) is 12.0. The molecule has 4 heteroatoms. The molecule has 22 heavy (non-hydrogen) atoms. The average Bonchev–Trinajstić information content (AvgIpc) is 2.95. The normalized spacial score (nSPS) is 13.8. The molecule has 1 N–H and O–H groups in total. The summed E-state index contributed by atoms with van der Waals surface area (Å²) in [5.74, 6) is 0.0203. The summed E-state index contributed by atoms with van der Waals surface area (Å²) in [5, 5.41) is 7.10. The quantitative estimate of drug-likeness (QED) is 0.934. The van der Waals surface area contributed by atoms with Gasteiger partial charge >= 0.3 is 0 Å². The van der Waals surface area contributed by atoms with E-state index in [1.165, 1.54) is 0 Å². The third-order valence-electron chi connectivity index (χ3n) is 3.64. The summed E-state index contributed by atoms with van der Waals surface area (Å²) in [7, 11) is 1.90. The lowest BCUT2D eigenvalue weighted by atomic mass is 10.0. The molecule has 0 unspecified atom stereocenters. The summed E-state index contributed by atoms with van der Waals surface area (Å²) < 4.78 is 1.77. The Morgan fingerprint density at radius 1 is 1.23 bits per heavy atom. The van der Waals surface area contributed by atoms with E-state index in [4.69, 9.17) is 0 Å². The minimum absolute atomic E-state index is 0.0203. The van der Waals surface area contributed by atoms with Gasteiger partial charge in [0.25, 0.3) is 0 Å². The van der Waals surface area contributed by atoms with Crippen LogP contribution >= 0.6 is 0 Å². The Hall–Kier alpha value is -2.62. The first-order chi connectivity index (χ1) is 10.7. The molecule has 2 aromatic rings.